The van der Waals surface area contributed by atoms with Gasteiger partial charge < -0.3 is 15.5 Å². The van der Waals surface area contributed by atoms with E-state index < -0.39 is 0 Å². The van der Waals surface area contributed by atoms with Gasteiger partial charge in [-0.2, -0.15) is 0 Å². The highest BCUT2D eigenvalue weighted by Crippen LogP contribution is 2.28. The number of carbonyl (C=O) groups excluding carboxylic acids is 1. The van der Waals surface area contributed by atoms with Gasteiger partial charge in [0.05, 0.1) is 18.2 Å². The maximum absolute atomic E-state index is 12.6. The molecular formula is C25H41N5O. The lowest BCUT2D eigenvalue weighted by Crippen LogP contribution is -2.54. The molecule has 31 heavy (non-hydrogen) atoms. The molecule has 2 N–H and O–H groups in total. The van der Waals surface area contributed by atoms with Crippen LogP contribution in [0.3, 0.4) is 0 Å². The molecule has 0 aromatic heterocycles. The van der Waals surface area contributed by atoms with Gasteiger partial charge in [-0.05, 0) is 44.7 Å². The summed E-state index contributed by atoms with van der Waals surface area (Å²) < 4.78 is 0. The molecule has 2 unspecified atom stereocenters. The number of amides is 2. The maximum atomic E-state index is 12.6. The molecule has 0 aliphatic carbocycles. The van der Waals surface area contributed by atoms with Crippen LogP contribution in [0.2, 0.25) is 0 Å². The minimum Gasteiger partial charge on any atom is -0.342 e. The smallest absolute Gasteiger partial charge is 0.322 e. The van der Waals surface area contributed by atoms with Crippen LogP contribution in [0.1, 0.15) is 58.1 Å². The fourth-order valence-corrected chi connectivity index (χ4v) is 4.38. The van der Waals surface area contributed by atoms with Gasteiger partial charge in [-0.25, -0.2) is 4.79 Å². The number of hydrogen-bond donors (Lipinski definition) is 2. The lowest BCUT2D eigenvalue weighted by Gasteiger charge is -2.43. The van der Waals surface area contributed by atoms with Crippen LogP contribution in [0.5, 0.6) is 0 Å². The number of likely N-dealkylation sites (N-methyl/N-ethyl adjacent to an activating group) is 2. The van der Waals surface area contributed by atoms with Crippen molar-refractivity contribution in [1.82, 2.24) is 20.0 Å². The molecule has 172 valence electrons. The topological polar surface area (TPSA) is 50.9 Å². The normalized spacial score (nSPS) is 19.7. The van der Waals surface area contributed by atoms with E-state index >= 15 is 0 Å². The third-order valence-electron chi connectivity index (χ3n) is 6.25. The molecule has 2 atom stereocenters. The van der Waals surface area contributed by atoms with Crippen molar-refractivity contribution in [3.05, 3.63) is 53.5 Å². The highest BCUT2D eigenvalue weighted by atomic mass is 16.2. The summed E-state index contributed by atoms with van der Waals surface area (Å²) >= 11 is 0. The number of benzene rings is 1. The SMILES string of the molecule is C=C(Nc1ccc(C)cc1CC)N(C)C1/C(=C\C)N(C)C(=O)NCN1C(CC)CCC. The van der Waals surface area contributed by atoms with Gasteiger partial charge in [-0.1, -0.05) is 57.5 Å². The summed E-state index contributed by atoms with van der Waals surface area (Å²) in [7, 11) is 3.89. The molecule has 6 nitrogen and oxygen atoms in total. The van der Waals surface area contributed by atoms with Gasteiger partial charge in [0, 0.05) is 25.8 Å². The Kier molecular flexibility index (Phi) is 8.99. The second-order valence-electron chi connectivity index (χ2n) is 8.35. The third-order valence-corrected chi connectivity index (χ3v) is 6.25. The summed E-state index contributed by atoms with van der Waals surface area (Å²) in [5.74, 6) is 0.807. The Balaban J connectivity index is 2.41. The molecule has 1 aromatic rings. The minimum atomic E-state index is -0.110. The quantitative estimate of drug-likeness (QED) is 0.576. The zero-order valence-corrected chi connectivity index (χ0v) is 20.5. The number of nitrogens with zero attached hydrogens (tertiary/aromatic N) is 3. The van der Waals surface area contributed by atoms with Crippen molar-refractivity contribution in [3.8, 4) is 0 Å². The average molecular weight is 428 g/mol. The van der Waals surface area contributed by atoms with Gasteiger partial charge in [0.15, 0.2) is 0 Å². The van der Waals surface area contributed by atoms with E-state index in [1.54, 1.807) is 4.90 Å². The fraction of sp³-hybridized carbons (Fsp3) is 0.560. The Morgan fingerprint density at radius 3 is 2.68 bits per heavy atom. The Morgan fingerprint density at radius 1 is 1.39 bits per heavy atom. The molecule has 1 saturated heterocycles. The standard InChI is InChI=1S/C25H41N5O/c1-9-13-21(11-3)30-17-26-25(31)29(8)23(12-4)24(30)28(7)19(6)27-22-15-14-18(5)16-20(22)10-2/h12,14-16,21,24,27H,6,9-11,13,17H2,1-5,7-8H3,(H,26,31)/b23-12+. The zero-order chi connectivity index (χ0) is 23.1. The highest BCUT2D eigenvalue weighted by molar-refractivity contribution is 5.76. The minimum absolute atomic E-state index is 0.0780. The van der Waals surface area contributed by atoms with Crippen LogP contribution in [0, 0.1) is 6.92 Å². The molecule has 0 bridgehead atoms. The van der Waals surface area contributed by atoms with E-state index in [1.807, 2.05) is 20.0 Å². The van der Waals surface area contributed by atoms with Gasteiger partial charge in [-0.15, -0.1) is 0 Å². The van der Waals surface area contributed by atoms with Gasteiger partial charge in [0.2, 0.25) is 0 Å². The number of anilines is 1. The zero-order valence-electron chi connectivity index (χ0n) is 20.5. The number of allylic oxidation sites excluding steroid dienone is 1. The van der Waals surface area contributed by atoms with Crippen molar-refractivity contribution in [2.75, 3.05) is 26.1 Å². The summed E-state index contributed by atoms with van der Waals surface area (Å²) in [6, 6.07) is 6.74. The van der Waals surface area contributed by atoms with Gasteiger partial charge >= 0.3 is 6.03 Å². The summed E-state index contributed by atoms with van der Waals surface area (Å²) in [6.07, 6.45) is 6.08. The molecule has 1 heterocycles. The third kappa shape index (κ3) is 5.62. The number of rotatable bonds is 9. The van der Waals surface area contributed by atoms with Crippen LogP contribution in [0.25, 0.3) is 0 Å². The van der Waals surface area contributed by atoms with E-state index in [9.17, 15) is 4.79 Å². The fourth-order valence-electron chi connectivity index (χ4n) is 4.38. The van der Waals surface area contributed by atoms with E-state index in [2.05, 4.69) is 80.0 Å². The van der Waals surface area contributed by atoms with E-state index in [4.69, 9.17) is 0 Å². The predicted molar refractivity (Wildman–Crippen MR) is 131 cm³/mol. The van der Waals surface area contributed by atoms with Crippen molar-refractivity contribution in [2.24, 2.45) is 0 Å². The Morgan fingerprint density at radius 2 is 2.10 bits per heavy atom. The Bertz CT molecular complexity index is 803. The lowest BCUT2D eigenvalue weighted by atomic mass is 10.1. The molecule has 1 aliphatic rings. The molecule has 0 saturated carbocycles. The molecule has 0 radical (unpaired) electrons. The first-order chi connectivity index (χ1) is 14.8. The number of carbonyl (C=O) groups is 1. The molecule has 1 aliphatic heterocycles. The molecular weight excluding hydrogens is 386 g/mol. The van der Waals surface area contributed by atoms with E-state index in [0.717, 1.165) is 42.9 Å². The van der Waals surface area contributed by atoms with Crippen LogP contribution in [-0.2, 0) is 6.42 Å². The molecule has 1 fully saturated rings. The Labute approximate surface area is 189 Å². The van der Waals surface area contributed by atoms with Crippen LogP contribution >= 0.6 is 0 Å². The second kappa shape index (κ2) is 11.2. The maximum Gasteiger partial charge on any atom is 0.322 e. The molecule has 0 spiro atoms. The van der Waals surface area contributed by atoms with Crippen LogP contribution in [-0.4, -0.2) is 53.7 Å². The first-order valence-electron chi connectivity index (χ1n) is 11.5. The lowest BCUT2D eigenvalue weighted by molar-refractivity contribution is 0.0566. The van der Waals surface area contributed by atoms with Crippen LogP contribution < -0.4 is 10.6 Å². The van der Waals surface area contributed by atoms with Crippen molar-refractivity contribution >= 4 is 11.7 Å². The highest BCUT2D eigenvalue weighted by Gasteiger charge is 2.37. The van der Waals surface area contributed by atoms with E-state index in [-0.39, 0.29) is 12.2 Å². The van der Waals surface area contributed by atoms with Crippen LogP contribution in [0.4, 0.5) is 10.5 Å². The molecule has 6 heteroatoms. The largest absolute Gasteiger partial charge is 0.342 e. The molecule has 1 aromatic carbocycles. The van der Waals surface area contributed by atoms with Crippen molar-refractivity contribution in [1.29, 1.82) is 0 Å². The summed E-state index contributed by atoms with van der Waals surface area (Å²) in [5, 5.41) is 6.62. The molecule has 2 rings (SSSR count). The monoisotopic (exact) mass is 427 g/mol. The van der Waals surface area contributed by atoms with Gasteiger partial charge in [0.1, 0.15) is 6.17 Å². The molecule has 2 amide bonds. The predicted octanol–water partition coefficient (Wildman–Crippen LogP) is 5.10. The summed E-state index contributed by atoms with van der Waals surface area (Å²) in [4.78, 5) is 18.9. The Hall–Kier alpha value is -2.47. The number of nitrogens with one attached hydrogen (secondary N) is 2. The second-order valence-corrected chi connectivity index (χ2v) is 8.35. The van der Waals surface area contributed by atoms with E-state index in [0.29, 0.717) is 12.7 Å². The number of hydrogen-bond acceptors (Lipinski definition) is 4. The van der Waals surface area contributed by atoms with Gasteiger partial charge in [0.25, 0.3) is 0 Å². The van der Waals surface area contributed by atoms with E-state index in [1.165, 1.54) is 11.1 Å². The summed E-state index contributed by atoms with van der Waals surface area (Å²) in [5.41, 5.74) is 4.55. The number of aryl methyl sites for hydroxylation is 2. The first kappa shape index (κ1) is 24.8. The van der Waals surface area contributed by atoms with Gasteiger partial charge in [-0.3, -0.25) is 9.80 Å². The van der Waals surface area contributed by atoms with Crippen molar-refractivity contribution in [3.63, 3.8) is 0 Å². The first-order valence-corrected chi connectivity index (χ1v) is 11.5. The van der Waals surface area contributed by atoms with Crippen LogP contribution in [0.15, 0.2) is 42.4 Å². The number of urea groups is 1. The van der Waals surface area contributed by atoms with Crippen molar-refractivity contribution in [2.45, 2.75) is 72.5 Å². The van der Waals surface area contributed by atoms with Crippen molar-refractivity contribution < 1.29 is 4.79 Å². The summed E-state index contributed by atoms with van der Waals surface area (Å²) in [6.45, 7) is 15.6. The average Bonchev–Trinajstić information content (AvgIpc) is 2.88.